The molecule has 82 valence electrons. The highest BCUT2D eigenvalue weighted by Gasteiger charge is 2.05. The van der Waals surface area contributed by atoms with E-state index in [2.05, 4.69) is 15.9 Å². The molecule has 0 aliphatic rings. The van der Waals surface area contributed by atoms with E-state index in [1.807, 2.05) is 48.5 Å². The molecular formula is C15H15Br. The monoisotopic (exact) mass is 277 g/mol. The highest BCUT2D eigenvalue weighted by molar-refractivity contribution is 9.10. The van der Waals surface area contributed by atoms with Crippen molar-refractivity contribution >= 4 is 15.9 Å². The van der Waals surface area contributed by atoms with E-state index in [0.717, 1.165) is 21.2 Å². The average molecular weight is 278 g/mol. The fourth-order valence-corrected chi connectivity index (χ4v) is 2.41. The lowest BCUT2D eigenvalue weighted by atomic mass is 9.99. The van der Waals surface area contributed by atoms with Gasteiger partial charge in [0, 0.05) is 8.58 Å². The Morgan fingerprint density at radius 3 is 2.44 bits per heavy atom. The summed E-state index contributed by atoms with van der Waals surface area (Å²) in [5, 5.41) is 0. The molecule has 0 bridgehead atoms. The Hall–Kier alpha value is -1.08. The molecule has 0 aromatic heterocycles. The predicted molar refractivity (Wildman–Crippen MR) is 73.7 cm³/mol. The van der Waals surface area contributed by atoms with Crippen LogP contribution in [0, 0.1) is 0 Å². The van der Waals surface area contributed by atoms with E-state index in [-0.39, 0.29) is 0 Å². The number of halogens is 1. The normalized spacial score (nSPS) is 16.0. The van der Waals surface area contributed by atoms with Crippen LogP contribution >= 0.6 is 15.9 Å². The number of hydrogen-bond acceptors (Lipinski definition) is 0. The predicted octanol–water partition coefficient (Wildman–Crippen LogP) is 5.24. The van der Waals surface area contributed by atoms with E-state index in [1.54, 1.807) is 6.92 Å². The molecule has 2 aromatic carbocycles. The molecule has 1 heteroatoms. The van der Waals surface area contributed by atoms with Crippen LogP contribution < -0.4 is 0 Å². The van der Waals surface area contributed by atoms with Crippen LogP contribution in [0.3, 0.4) is 0 Å². The summed E-state index contributed by atoms with van der Waals surface area (Å²) in [6.07, 6.45) is 0. The molecule has 0 nitrogen and oxygen atoms in total. The Kier molecular flexibility index (Phi) is 2.44. The van der Waals surface area contributed by atoms with Crippen LogP contribution in [0.1, 0.15) is 29.4 Å². The third-order valence-corrected chi connectivity index (χ3v) is 3.26. The maximum Gasteiger partial charge on any atom is 0.0236 e. The van der Waals surface area contributed by atoms with E-state index < -0.39 is 12.8 Å². The Labute approximate surface area is 110 Å². The Bertz CT molecular complexity index is 561. The zero-order valence-corrected chi connectivity index (χ0v) is 10.7. The van der Waals surface area contributed by atoms with Crippen LogP contribution in [-0.2, 0) is 0 Å². The zero-order chi connectivity index (χ0) is 14.0. The van der Waals surface area contributed by atoms with Crippen LogP contribution in [0.5, 0.6) is 0 Å². The van der Waals surface area contributed by atoms with E-state index in [1.165, 1.54) is 0 Å². The molecule has 0 N–H and O–H groups in total. The smallest absolute Gasteiger partial charge is 0.0236 e. The summed E-state index contributed by atoms with van der Waals surface area (Å²) in [7, 11) is 0. The molecule has 0 aliphatic heterocycles. The van der Waals surface area contributed by atoms with Crippen molar-refractivity contribution < 1.29 is 4.11 Å². The highest BCUT2D eigenvalue weighted by atomic mass is 79.9. The summed E-state index contributed by atoms with van der Waals surface area (Å²) >= 11 is 3.49. The summed E-state index contributed by atoms with van der Waals surface area (Å²) in [6, 6.07) is 15.9. The van der Waals surface area contributed by atoms with Gasteiger partial charge < -0.3 is 0 Å². The summed E-state index contributed by atoms with van der Waals surface area (Å²) < 4.78 is 23.4. The Morgan fingerprint density at radius 1 is 1.06 bits per heavy atom. The van der Waals surface area contributed by atoms with Crippen molar-refractivity contribution in [3.05, 3.63) is 58.6 Å². The second-order valence-corrected chi connectivity index (χ2v) is 4.68. The molecule has 0 aliphatic carbocycles. The van der Waals surface area contributed by atoms with E-state index in [0.29, 0.717) is 0 Å². The van der Waals surface area contributed by atoms with Crippen molar-refractivity contribution in [3.63, 3.8) is 0 Å². The first-order valence-electron chi connectivity index (χ1n) is 6.74. The molecule has 16 heavy (non-hydrogen) atoms. The van der Waals surface area contributed by atoms with Crippen molar-refractivity contribution in [1.29, 1.82) is 0 Å². The van der Waals surface area contributed by atoms with Gasteiger partial charge in [-0.2, -0.15) is 0 Å². The minimum absolute atomic E-state index is 0.480. The topological polar surface area (TPSA) is 0 Å². The third-order valence-electron chi connectivity index (χ3n) is 2.57. The Balaban J connectivity index is 2.38. The zero-order valence-electron chi connectivity index (χ0n) is 12.1. The molecular weight excluding hydrogens is 260 g/mol. The first kappa shape index (κ1) is 8.08. The first-order valence-corrected chi connectivity index (χ1v) is 6.04. The summed E-state index contributed by atoms with van der Waals surface area (Å²) in [5.74, 6) is -0.480. The van der Waals surface area contributed by atoms with Crippen molar-refractivity contribution in [3.8, 4) is 11.1 Å². The third kappa shape index (κ3) is 2.35. The van der Waals surface area contributed by atoms with Crippen molar-refractivity contribution in [2.75, 3.05) is 0 Å². The highest BCUT2D eigenvalue weighted by Crippen LogP contribution is 2.29. The lowest BCUT2D eigenvalue weighted by molar-refractivity contribution is 0.861. The molecule has 0 radical (unpaired) electrons. The summed E-state index contributed by atoms with van der Waals surface area (Å²) in [5.41, 5.74) is 3.02. The largest absolute Gasteiger partial charge is 0.0622 e. The first-order chi connectivity index (χ1) is 8.89. The van der Waals surface area contributed by atoms with Crippen molar-refractivity contribution in [1.82, 2.24) is 0 Å². The summed E-state index contributed by atoms with van der Waals surface area (Å²) in [6.45, 7) is -0.244. The van der Waals surface area contributed by atoms with E-state index >= 15 is 0 Å². The molecule has 2 aromatic rings. The second kappa shape index (κ2) is 4.84. The maximum atomic E-state index is 7.50. The van der Waals surface area contributed by atoms with Gasteiger partial charge in [0.1, 0.15) is 0 Å². The van der Waals surface area contributed by atoms with Gasteiger partial charge in [-0.1, -0.05) is 72.2 Å². The van der Waals surface area contributed by atoms with Gasteiger partial charge in [-0.3, -0.25) is 0 Å². The van der Waals surface area contributed by atoms with Crippen LogP contribution in [0.25, 0.3) is 11.1 Å². The van der Waals surface area contributed by atoms with Crippen LogP contribution in [0.2, 0.25) is 0 Å². The minimum atomic E-state index is -1.98. The minimum Gasteiger partial charge on any atom is -0.0622 e. The SMILES string of the molecule is [2H]C([2H])([2H])C(C)c1ccc(-c2ccccc2)cc1Br. The van der Waals surface area contributed by atoms with Crippen molar-refractivity contribution in [2.45, 2.75) is 19.7 Å². The number of rotatable bonds is 2. The van der Waals surface area contributed by atoms with Crippen molar-refractivity contribution in [2.24, 2.45) is 0 Å². The van der Waals surface area contributed by atoms with Gasteiger partial charge in [-0.05, 0) is 28.7 Å². The Morgan fingerprint density at radius 2 is 1.81 bits per heavy atom. The standard InChI is InChI=1S/C15H15Br/c1-11(2)14-9-8-13(10-15(14)16)12-6-4-3-5-7-12/h3-11H,1-2H3/i1D3. The molecule has 2 rings (SSSR count). The molecule has 0 fully saturated rings. The lowest BCUT2D eigenvalue weighted by Crippen LogP contribution is -1.89. The van der Waals surface area contributed by atoms with Gasteiger partial charge in [-0.25, -0.2) is 0 Å². The fourth-order valence-electron chi connectivity index (χ4n) is 1.69. The van der Waals surface area contributed by atoms with E-state index in [4.69, 9.17) is 4.11 Å². The average Bonchev–Trinajstić information content (AvgIpc) is 2.38. The van der Waals surface area contributed by atoms with Gasteiger partial charge in [0.15, 0.2) is 0 Å². The van der Waals surface area contributed by atoms with E-state index in [9.17, 15) is 0 Å². The van der Waals surface area contributed by atoms with Crippen LogP contribution in [0.4, 0.5) is 0 Å². The molecule has 0 saturated carbocycles. The van der Waals surface area contributed by atoms with Crippen LogP contribution in [0.15, 0.2) is 53.0 Å². The molecule has 1 unspecified atom stereocenters. The van der Waals surface area contributed by atoms with Gasteiger partial charge in [-0.15, -0.1) is 0 Å². The van der Waals surface area contributed by atoms with Gasteiger partial charge >= 0.3 is 0 Å². The molecule has 0 saturated heterocycles. The van der Waals surface area contributed by atoms with Gasteiger partial charge in [0.05, 0.1) is 0 Å². The number of benzene rings is 2. The number of hydrogen-bond donors (Lipinski definition) is 0. The maximum absolute atomic E-state index is 7.50. The fraction of sp³-hybridized carbons (Fsp3) is 0.200. The lowest BCUT2D eigenvalue weighted by Gasteiger charge is -2.10. The van der Waals surface area contributed by atoms with Crippen LogP contribution in [-0.4, -0.2) is 0 Å². The quantitative estimate of drug-likeness (QED) is 0.704. The van der Waals surface area contributed by atoms with Gasteiger partial charge in [0.2, 0.25) is 0 Å². The van der Waals surface area contributed by atoms with Gasteiger partial charge in [0.25, 0.3) is 0 Å². The summed E-state index contributed by atoms with van der Waals surface area (Å²) in [4.78, 5) is 0. The molecule has 0 heterocycles. The second-order valence-electron chi connectivity index (χ2n) is 3.82. The molecule has 0 spiro atoms. The molecule has 1 atom stereocenters. The molecule has 0 amide bonds.